The van der Waals surface area contributed by atoms with Crippen molar-refractivity contribution >= 4 is 38.2 Å². The van der Waals surface area contributed by atoms with Crippen LogP contribution in [0.2, 0.25) is 0 Å². The van der Waals surface area contributed by atoms with Crippen LogP contribution in [0.5, 0.6) is 11.5 Å². The van der Waals surface area contributed by atoms with Crippen LogP contribution in [0.15, 0.2) is 72.8 Å². The number of amides is 1. The molecule has 9 rings (SSSR count). The van der Waals surface area contributed by atoms with E-state index < -0.39 is 23.2 Å². The van der Waals surface area contributed by atoms with E-state index in [2.05, 4.69) is 11.7 Å². The molecule has 0 saturated heterocycles. The molecule has 1 unspecified atom stereocenters. The number of aryl methyl sites for hydroxylation is 1. The highest BCUT2D eigenvalue weighted by Gasteiger charge is 2.50. The highest BCUT2D eigenvalue weighted by atomic mass is 32.1. The Labute approximate surface area is 301 Å². The fourth-order valence-electron chi connectivity index (χ4n) is 7.90. The Morgan fingerprint density at radius 3 is 2.75 bits per heavy atom. The number of rotatable bonds is 2. The molecule has 3 aliphatic heterocycles. The van der Waals surface area contributed by atoms with Crippen LogP contribution < -0.4 is 9.47 Å². The molecule has 1 amide bonds. The predicted molar refractivity (Wildman–Crippen MR) is 193 cm³/mol. The van der Waals surface area contributed by atoms with Crippen LogP contribution in [0, 0.1) is 17.6 Å². The first-order valence-electron chi connectivity index (χ1n) is 17.1. The fraction of sp³-hybridized carbons (Fsp3) is 0.282. The SMILES string of the molecule is C=CC(=O)N1CCn2nc(C34OC/C=C/COc5cc6c(cnn6C)cc5-c5nc3c(c3sccc53)-c3c(F)cc(F)cc3OC[C@H]4C)cc2[C@H]1C. The Balaban J connectivity index is 1.41. The minimum atomic E-state index is -1.40. The van der Waals surface area contributed by atoms with Gasteiger partial charge in [0.05, 0.1) is 60.2 Å². The Kier molecular flexibility index (Phi) is 7.56. The summed E-state index contributed by atoms with van der Waals surface area (Å²) < 4.78 is 55.4. The number of carbonyl (C=O) groups excluding carboxylic acids is 1. The molecule has 10 nitrogen and oxygen atoms in total. The lowest BCUT2D eigenvalue weighted by atomic mass is 9.77. The zero-order valence-corrected chi connectivity index (χ0v) is 29.5. The molecule has 0 fully saturated rings. The van der Waals surface area contributed by atoms with E-state index in [0.717, 1.165) is 38.3 Å². The number of carbonyl (C=O) groups is 1. The Morgan fingerprint density at radius 2 is 1.90 bits per heavy atom. The van der Waals surface area contributed by atoms with Crippen LogP contribution >= 0.6 is 11.3 Å². The van der Waals surface area contributed by atoms with Crippen LogP contribution in [-0.4, -0.2) is 61.7 Å². The summed E-state index contributed by atoms with van der Waals surface area (Å²) in [5, 5.41) is 13.3. The van der Waals surface area contributed by atoms with Gasteiger partial charge in [0.1, 0.15) is 35.4 Å². The number of aromatic nitrogens is 5. The number of hydrogen-bond donors (Lipinski definition) is 0. The summed E-state index contributed by atoms with van der Waals surface area (Å²) in [6, 6.07) is 9.69. The minimum absolute atomic E-state index is 0.0351. The van der Waals surface area contributed by atoms with E-state index in [1.54, 1.807) is 15.8 Å². The van der Waals surface area contributed by atoms with Gasteiger partial charge in [0.25, 0.3) is 0 Å². The van der Waals surface area contributed by atoms with Crippen LogP contribution in [0.1, 0.15) is 37.0 Å². The van der Waals surface area contributed by atoms with Gasteiger partial charge in [0.2, 0.25) is 5.91 Å². The average molecular weight is 721 g/mol. The number of benzene rings is 2. The highest BCUT2D eigenvalue weighted by molar-refractivity contribution is 7.17. The molecule has 0 spiro atoms. The maximum Gasteiger partial charge on any atom is 0.246 e. The van der Waals surface area contributed by atoms with Crippen LogP contribution in [0.3, 0.4) is 0 Å². The van der Waals surface area contributed by atoms with Gasteiger partial charge < -0.3 is 19.1 Å². The first-order chi connectivity index (χ1) is 25.2. The molecular weight excluding hydrogens is 687 g/mol. The lowest BCUT2D eigenvalue weighted by Crippen LogP contribution is -2.44. The summed E-state index contributed by atoms with van der Waals surface area (Å²) in [5.41, 5.74) is 3.18. The van der Waals surface area contributed by atoms with Crippen molar-refractivity contribution in [2.75, 3.05) is 26.4 Å². The predicted octanol–water partition coefficient (Wildman–Crippen LogP) is 7.32. The van der Waals surface area contributed by atoms with Gasteiger partial charge in [0.15, 0.2) is 5.60 Å². The second kappa shape index (κ2) is 12.1. The van der Waals surface area contributed by atoms with Crippen LogP contribution in [0.4, 0.5) is 8.78 Å². The van der Waals surface area contributed by atoms with Gasteiger partial charge in [-0.05, 0) is 42.7 Å². The Morgan fingerprint density at radius 1 is 1.06 bits per heavy atom. The van der Waals surface area contributed by atoms with E-state index in [9.17, 15) is 9.18 Å². The van der Waals surface area contributed by atoms with Crippen molar-refractivity contribution in [2.24, 2.45) is 13.0 Å². The molecule has 2 aromatic carbocycles. The average Bonchev–Trinajstić information content (AvgIpc) is 3.88. The van der Waals surface area contributed by atoms with Gasteiger partial charge in [-0.15, -0.1) is 11.3 Å². The van der Waals surface area contributed by atoms with Crippen molar-refractivity contribution in [1.82, 2.24) is 29.4 Å². The molecule has 6 aromatic rings. The number of ether oxygens (including phenoxy) is 3. The zero-order valence-electron chi connectivity index (χ0n) is 28.7. The smallest absolute Gasteiger partial charge is 0.246 e. The van der Waals surface area contributed by atoms with E-state index in [1.807, 2.05) is 67.4 Å². The van der Waals surface area contributed by atoms with Gasteiger partial charge >= 0.3 is 0 Å². The summed E-state index contributed by atoms with van der Waals surface area (Å²) in [4.78, 5) is 20.1. The van der Waals surface area contributed by atoms with Crippen LogP contribution in [0.25, 0.3) is 43.4 Å². The zero-order chi connectivity index (χ0) is 35.9. The summed E-state index contributed by atoms with van der Waals surface area (Å²) in [6.07, 6.45) is 6.90. The first-order valence-corrected chi connectivity index (χ1v) is 18.0. The lowest BCUT2D eigenvalue weighted by molar-refractivity contribution is -0.129. The third kappa shape index (κ3) is 4.75. The third-order valence-corrected chi connectivity index (χ3v) is 11.5. The van der Waals surface area contributed by atoms with E-state index in [4.69, 9.17) is 24.3 Å². The Bertz CT molecular complexity index is 2490. The summed E-state index contributed by atoms with van der Waals surface area (Å²) in [7, 11) is 1.88. The van der Waals surface area contributed by atoms with Crippen molar-refractivity contribution in [1.29, 1.82) is 0 Å². The molecule has 0 radical (unpaired) electrons. The highest BCUT2D eigenvalue weighted by Crippen LogP contribution is 2.54. The Hall–Kier alpha value is -5.40. The van der Waals surface area contributed by atoms with Crippen molar-refractivity contribution in [3.63, 3.8) is 0 Å². The van der Waals surface area contributed by atoms with E-state index >= 15 is 4.39 Å². The number of pyridine rings is 1. The van der Waals surface area contributed by atoms with Gasteiger partial charge in [-0.25, -0.2) is 13.8 Å². The summed E-state index contributed by atoms with van der Waals surface area (Å²) >= 11 is 1.43. The number of fused-ring (bicyclic) bond motifs is 10. The molecule has 0 saturated carbocycles. The second-order valence-corrected chi connectivity index (χ2v) is 14.3. The van der Waals surface area contributed by atoms with Crippen LogP contribution in [-0.2, 0) is 28.7 Å². The van der Waals surface area contributed by atoms with E-state index in [0.29, 0.717) is 41.5 Å². The standard InChI is InChI=1S/C39H34F2N6O4S/c1-5-33(48)46-9-10-47-28(22(46)3)18-32(44-47)39-21(2)20-50-31-16-24(40)15-27(41)34(31)35-37-25(8-13-52-37)36(43-38(35)39)26-14-23-19-42-45(4)29(23)17-30(26)49-11-6-7-12-51-39/h5-8,13-19,21-22H,1,9-12,20H2,2-4H3/b7-6+/t21-,22-,39?/m1/s1. The second-order valence-electron chi connectivity index (χ2n) is 13.4. The molecule has 0 N–H and O–H groups in total. The van der Waals surface area contributed by atoms with Gasteiger partial charge in [-0.3, -0.25) is 14.2 Å². The third-order valence-electron chi connectivity index (χ3n) is 10.5. The summed E-state index contributed by atoms with van der Waals surface area (Å²) in [6.45, 7) is 8.99. The molecule has 2 bridgehead atoms. The number of nitrogens with zero attached hydrogens (tertiary/aromatic N) is 6. The molecule has 4 aromatic heterocycles. The number of thiophene rings is 1. The lowest BCUT2D eigenvalue weighted by Gasteiger charge is -2.40. The maximum atomic E-state index is 16.4. The fourth-order valence-corrected chi connectivity index (χ4v) is 8.85. The van der Waals surface area contributed by atoms with Crippen molar-refractivity contribution < 1.29 is 27.8 Å². The van der Waals surface area contributed by atoms with Crippen molar-refractivity contribution in [3.8, 4) is 33.9 Å². The monoisotopic (exact) mass is 720 g/mol. The summed E-state index contributed by atoms with van der Waals surface area (Å²) in [5.74, 6) is -1.46. The topological polar surface area (TPSA) is 96.5 Å². The van der Waals surface area contributed by atoms with Gasteiger partial charge in [-0.2, -0.15) is 10.2 Å². The quantitative estimate of drug-likeness (QED) is 0.137. The molecule has 7 heterocycles. The van der Waals surface area contributed by atoms with Crippen molar-refractivity contribution in [2.45, 2.75) is 32.0 Å². The number of halogens is 2. The minimum Gasteiger partial charge on any atom is -0.492 e. The largest absolute Gasteiger partial charge is 0.492 e. The van der Waals surface area contributed by atoms with E-state index in [1.165, 1.54) is 23.5 Å². The molecular formula is C39H34F2N6O4S. The van der Waals surface area contributed by atoms with E-state index in [-0.39, 0.29) is 43.1 Å². The molecule has 264 valence electrons. The molecule has 0 aliphatic carbocycles. The molecule has 3 atom stereocenters. The number of hydrogen-bond acceptors (Lipinski definition) is 8. The van der Waals surface area contributed by atoms with Crippen molar-refractivity contribution in [3.05, 3.63) is 101 Å². The normalized spacial score (nSPS) is 21.8. The molecule has 13 heteroatoms. The molecule has 52 heavy (non-hydrogen) atoms. The maximum absolute atomic E-state index is 16.4. The van der Waals surface area contributed by atoms with Gasteiger partial charge in [0, 0.05) is 64.3 Å². The first kappa shape index (κ1) is 32.5. The molecule has 3 aliphatic rings. The van der Waals surface area contributed by atoms with Gasteiger partial charge in [-0.1, -0.05) is 19.6 Å².